The number of anilines is 2. The Kier molecular flexibility index (Phi) is 3.53. The molecule has 0 atom stereocenters. The van der Waals surface area contributed by atoms with Gasteiger partial charge < -0.3 is 19.9 Å². The van der Waals surface area contributed by atoms with Crippen LogP contribution in [-0.4, -0.2) is 24.3 Å². The van der Waals surface area contributed by atoms with Gasteiger partial charge in [-0.15, -0.1) is 0 Å². The normalized spacial score (nSPS) is 11.8. The lowest BCUT2D eigenvalue weighted by atomic mass is 10.2. The topological polar surface area (TPSA) is 88.1 Å². The number of benzene rings is 2. The number of carbonyl (C=O) groups is 2. The number of ether oxygens (including phenoxy) is 2. The number of urea groups is 1. The van der Waals surface area contributed by atoms with E-state index in [0.29, 0.717) is 29.3 Å². The van der Waals surface area contributed by atoms with Crippen LogP contribution in [0.15, 0.2) is 42.5 Å². The Labute approximate surface area is 125 Å². The number of aromatic hydroxyl groups is 1. The molecule has 22 heavy (non-hydrogen) atoms. The number of rotatable bonds is 3. The number of phenolic OH excluding ortho intramolecular Hbond substituents is 1. The SMILES string of the molecule is O=CN(C(=O)Nc1ccc(O)cc1)c1ccc2c(c1)OCO2. The number of hydrogen-bond donors (Lipinski definition) is 2. The molecule has 1 aliphatic heterocycles. The molecule has 0 aromatic heterocycles. The van der Waals surface area contributed by atoms with Crippen molar-refractivity contribution in [3.63, 3.8) is 0 Å². The van der Waals surface area contributed by atoms with Gasteiger partial charge in [0.05, 0.1) is 5.69 Å². The first-order valence-electron chi connectivity index (χ1n) is 6.41. The van der Waals surface area contributed by atoms with Crippen LogP contribution in [0.25, 0.3) is 0 Å². The molecule has 1 heterocycles. The first-order chi connectivity index (χ1) is 10.7. The molecule has 1 aliphatic rings. The molecule has 0 radical (unpaired) electrons. The summed E-state index contributed by atoms with van der Waals surface area (Å²) in [5.41, 5.74) is 0.811. The Morgan fingerprint density at radius 3 is 2.59 bits per heavy atom. The summed E-state index contributed by atoms with van der Waals surface area (Å²) in [6, 6.07) is 10.0. The zero-order chi connectivity index (χ0) is 15.5. The highest BCUT2D eigenvalue weighted by Crippen LogP contribution is 2.35. The molecule has 0 fully saturated rings. The van der Waals surface area contributed by atoms with Crippen molar-refractivity contribution in [3.8, 4) is 17.2 Å². The van der Waals surface area contributed by atoms with Crippen molar-refractivity contribution in [2.24, 2.45) is 0 Å². The number of nitrogens with one attached hydrogen (secondary N) is 1. The molecule has 3 rings (SSSR count). The van der Waals surface area contributed by atoms with Crippen LogP contribution >= 0.6 is 0 Å². The Bertz CT molecular complexity index is 714. The Balaban J connectivity index is 1.79. The van der Waals surface area contributed by atoms with Crippen LogP contribution in [0.3, 0.4) is 0 Å². The molecule has 2 aromatic carbocycles. The number of phenols is 1. The molecule has 0 saturated carbocycles. The summed E-state index contributed by atoms with van der Waals surface area (Å²) in [4.78, 5) is 24.3. The van der Waals surface area contributed by atoms with E-state index in [1.54, 1.807) is 18.2 Å². The second-order valence-electron chi connectivity index (χ2n) is 4.49. The van der Waals surface area contributed by atoms with Crippen LogP contribution in [0.1, 0.15) is 0 Å². The summed E-state index contributed by atoms with van der Waals surface area (Å²) in [7, 11) is 0. The van der Waals surface area contributed by atoms with Crippen molar-refractivity contribution in [2.45, 2.75) is 0 Å². The van der Waals surface area contributed by atoms with Gasteiger partial charge in [0.15, 0.2) is 11.5 Å². The molecule has 7 nitrogen and oxygen atoms in total. The summed E-state index contributed by atoms with van der Waals surface area (Å²) < 4.78 is 10.4. The van der Waals surface area contributed by atoms with Crippen molar-refractivity contribution in [1.29, 1.82) is 0 Å². The lowest BCUT2D eigenvalue weighted by Gasteiger charge is -2.16. The van der Waals surface area contributed by atoms with E-state index in [1.165, 1.54) is 24.3 Å². The summed E-state index contributed by atoms with van der Waals surface area (Å²) in [6.45, 7) is 0.111. The van der Waals surface area contributed by atoms with Gasteiger partial charge >= 0.3 is 6.03 Å². The van der Waals surface area contributed by atoms with E-state index in [4.69, 9.17) is 9.47 Å². The third kappa shape index (κ3) is 2.64. The van der Waals surface area contributed by atoms with Gasteiger partial charge in [-0.05, 0) is 36.4 Å². The van der Waals surface area contributed by atoms with E-state index < -0.39 is 6.03 Å². The second-order valence-corrected chi connectivity index (χ2v) is 4.49. The van der Waals surface area contributed by atoms with Gasteiger partial charge in [0.1, 0.15) is 5.75 Å². The molecule has 0 aliphatic carbocycles. The number of carbonyl (C=O) groups excluding carboxylic acids is 2. The van der Waals surface area contributed by atoms with Crippen LogP contribution < -0.4 is 19.7 Å². The Morgan fingerprint density at radius 1 is 1.14 bits per heavy atom. The smallest absolute Gasteiger partial charge is 0.332 e. The highest BCUT2D eigenvalue weighted by atomic mass is 16.7. The average Bonchev–Trinajstić information content (AvgIpc) is 2.98. The van der Waals surface area contributed by atoms with Gasteiger partial charge in [-0.25, -0.2) is 9.69 Å². The second kappa shape index (κ2) is 5.65. The number of imide groups is 1. The summed E-state index contributed by atoms with van der Waals surface area (Å²) >= 11 is 0. The van der Waals surface area contributed by atoms with E-state index in [9.17, 15) is 14.7 Å². The van der Waals surface area contributed by atoms with Gasteiger partial charge in [0.25, 0.3) is 0 Å². The average molecular weight is 300 g/mol. The van der Waals surface area contributed by atoms with E-state index in [0.717, 1.165) is 4.90 Å². The van der Waals surface area contributed by atoms with Crippen LogP contribution in [-0.2, 0) is 4.79 Å². The first kappa shape index (κ1) is 13.7. The van der Waals surface area contributed by atoms with E-state index in [2.05, 4.69) is 5.32 Å². The molecule has 2 N–H and O–H groups in total. The molecule has 0 saturated heterocycles. The Morgan fingerprint density at radius 2 is 1.86 bits per heavy atom. The number of amides is 3. The van der Waals surface area contributed by atoms with Crippen molar-refractivity contribution >= 4 is 23.8 Å². The minimum absolute atomic E-state index is 0.0843. The molecular weight excluding hydrogens is 288 g/mol. The van der Waals surface area contributed by atoms with Crippen molar-refractivity contribution in [3.05, 3.63) is 42.5 Å². The lowest BCUT2D eigenvalue weighted by Crippen LogP contribution is -2.33. The monoisotopic (exact) mass is 300 g/mol. The maximum Gasteiger partial charge on any atom is 0.332 e. The molecule has 3 amide bonds. The fourth-order valence-corrected chi connectivity index (χ4v) is 1.99. The third-order valence-electron chi connectivity index (χ3n) is 3.08. The Hall–Kier alpha value is -3.22. The maximum absolute atomic E-state index is 12.2. The van der Waals surface area contributed by atoms with Crippen molar-refractivity contribution in [1.82, 2.24) is 0 Å². The van der Waals surface area contributed by atoms with Gasteiger partial charge in [0.2, 0.25) is 13.2 Å². The number of fused-ring (bicyclic) bond motifs is 1. The molecule has 0 unspecified atom stereocenters. The van der Waals surface area contributed by atoms with Crippen LogP contribution in [0.2, 0.25) is 0 Å². The minimum atomic E-state index is -0.625. The summed E-state index contributed by atoms with van der Waals surface area (Å²) in [5.74, 6) is 1.12. The summed E-state index contributed by atoms with van der Waals surface area (Å²) in [6.07, 6.45) is 0.410. The van der Waals surface area contributed by atoms with E-state index in [1.807, 2.05) is 0 Å². The largest absolute Gasteiger partial charge is 0.508 e. The molecule has 112 valence electrons. The first-order valence-corrected chi connectivity index (χ1v) is 6.41. The molecule has 0 spiro atoms. The molecule has 7 heteroatoms. The van der Waals surface area contributed by atoms with E-state index >= 15 is 0 Å². The zero-order valence-corrected chi connectivity index (χ0v) is 11.4. The van der Waals surface area contributed by atoms with Gasteiger partial charge in [-0.2, -0.15) is 0 Å². The fourth-order valence-electron chi connectivity index (χ4n) is 1.99. The van der Waals surface area contributed by atoms with Crippen LogP contribution in [0, 0.1) is 0 Å². The molecular formula is C15H12N2O5. The highest BCUT2D eigenvalue weighted by Gasteiger charge is 2.20. The fraction of sp³-hybridized carbons (Fsp3) is 0.0667. The predicted octanol–water partition coefficient (Wildman–Crippen LogP) is 2.32. The highest BCUT2D eigenvalue weighted by molar-refractivity contribution is 6.12. The van der Waals surface area contributed by atoms with Crippen LogP contribution in [0.4, 0.5) is 16.2 Å². The predicted molar refractivity (Wildman–Crippen MR) is 78.2 cm³/mol. The quantitative estimate of drug-likeness (QED) is 0.671. The minimum Gasteiger partial charge on any atom is -0.508 e. The molecule has 0 bridgehead atoms. The van der Waals surface area contributed by atoms with Gasteiger partial charge in [-0.1, -0.05) is 0 Å². The number of nitrogens with zero attached hydrogens (tertiary/aromatic N) is 1. The lowest BCUT2D eigenvalue weighted by molar-refractivity contribution is -0.106. The molecule has 2 aromatic rings. The van der Waals surface area contributed by atoms with Crippen LogP contribution in [0.5, 0.6) is 17.2 Å². The maximum atomic E-state index is 12.2. The third-order valence-corrected chi connectivity index (χ3v) is 3.08. The van der Waals surface area contributed by atoms with E-state index in [-0.39, 0.29) is 12.5 Å². The van der Waals surface area contributed by atoms with Crippen molar-refractivity contribution in [2.75, 3.05) is 17.0 Å². The summed E-state index contributed by atoms with van der Waals surface area (Å²) in [5, 5.41) is 11.8. The van der Waals surface area contributed by atoms with Gasteiger partial charge in [0, 0.05) is 11.8 Å². The number of hydrogen-bond acceptors (Lipinski definition) is 5. The van der Waals surface area contributed by atoms with Gasteiger partial charge in [-0.3, -0.25) is 4.79 Å². The zero-order valence-electron chi connectivity index (χ0n) is 11.4. The standard InChI is InChI=1S/C15H12N2O5/c18-8-17(11-3-6-13-14(7-11)22-9-21-13)15(20)16-10-1-4-12(19)5-2-10/h1-8,19H,9H2,(H,16,20). The van der Waals surface area contributed by atoms with Crippen molar-refractivity contribution < 1.29 is 24.2 Å².